The third-order valence-electron chi connectivity index (χ3n) is 12.0. The molecule has 0 aromatic carbocycles. The number of carbonyl (C=O) groups excluding carboxylic acids is 2. The second-order valence-electron chi connectivity index (χ2n) is 13.5. The van der Waals surface area contributed by atoms with Gasteiger partial charge in [-0.25, -0.2) is 0 Å². The number of methoxy groups -OCH3 is 1. The summed E-state index contributed by atoms with van der Waals surface area (Å²) in [5.41, 5.74) is 1.57. The van der Waals surface area contributed by atoms with Crippen LogP contribution in [0.2, 0.25) is 0 Å². The largest absolute Gasteiger partial charge is 0.462 e. The third kappa shape index (κ3) is 3.01. The summed E-state index contributed by atoms with van der Waals surface area (Å²) in [6.45, 7) is 14.1. The lowest BCUT2D eigenvalue weighted by Gasteiger charge is -2.64. The molecule has 3 saturated carbocycles. The molecule has 0 bridgehead atoms. The molecular formula is C29H44O5. The standard InChI is InChI=1S/C29H44O5/c1-18(30)34-23-12-13-26(4)19-10-14-28(6)22(29(32-7)16-24(31)33-17-29)11-15-27(28,5)20(19)8-9-21(26)25(23,2)3/h8,19,21-23H,9-17H2,1-7H3/t19-,21-,22+,23+,26+,27+,28-,29-/m0/s1. The van der Waals surface area contributed by atoms with E-state index < -0.39 is 5.60 Å². The number of hydrogen-bond donors (Lipinski definition) is 0. The molecule has 0 aromatic heterocycles. The summed E-state index contributed by atoms with van der Waals surface area (Å²) in [7, 11) is 1.77. The lowest BCUT2D eigenvalue weighted by atomic mass is 9.41. The van der Waals surface area contributed by atoms with Crippen molar-refractivity contribution in [2.24, 2.45) is 39.4 Å². The van der Waals surface area contributed by atoms with Crippen molar-refractivity contribution in [3.05, 3.63) is 11.6 Å². The summed E-state index contributed by atoms with van der Waals surface area (Å²) in [5.74, 6) is 1.12. The summed E-state index contributed by atoms with van der Waals surface area (Å²) in [6, 6.07) is 0. The number of cyclic esters (lactones) is 1. The highest BCUT2D eigenvalue weighted by molar-refractivity contribution is 5.73. The molecule has 1 saturated heterocycles. The predicted octanol–water partition coefficient (Wildman–Crippen LogP) is 5.86. The first kappa shape index (κ1) is 24.3. The van der Waals surface area contributed by atoms with Crippen LogP contribution in [0, 0.1) is 39.4 Å². The number of ether oxygens (including phenoxy) is 3. The Morgan fingerprint density at radius 2 is 1.76 bits per heavy atom. The molecule has 0 aromatic rings. The monoisotopic (exact) mass is 472 g/mol. The van der Waals surface area contributed by atoms with E-state index in [-0.39, 0.29) is 39.7 Å². The molecule has 1 aliphatic heterocycles. The van der Waals surface area contributed by atoms with Gasteiger partial charge in [-0.3, -0.25) is 9.59 Å². The van der Waals surface area contributed by atoms with Crippen LogP contribution >= 0.6 is 0 Å². The van der Waals surface area contributed by atoms with E-state index in [1.165, 1.54) is 13.3 Å². The summed E-state index contributed by atoms with van der Waals surface area (Å²) >= 11 is 0. The van der Waals surface area contributed by atoms with Crippen molar-refractivity contribution in [1.29, 1.82) is 0 Å². The molecule has 34 heavy (non-hydrogen) atoms. The fraction of sp³-hybridized carbons (Fsp3) is 0.862. The fourth-order valence-corrected chi connectivity index (χ4v) is 9.98. The molecule has 5 rings (SSSR count). The number of hydrogen-bond acceptors (Lipinski definition) is 5. The van der Waals surface area contributed by atoms with Crippen molar-refractivity contribution in [2.45, 2.75) is 105 Å². The highest BCUT2D eigenvalue weighted by atomic mass is 16.6. The molecular weight excluding hydrogens is 428 g/mol. The number of carbonyl (C=O) groups is 2. The molecule has 5 heteroatoms. The highest BCUT2D eigenvalue weighted by Gasteiger charge is 2.69. The molecule has 0 spiro atoms. The minimum atomic E-state index is -0.484. The van der Waals surface area contributed by atoms with Crippen molar-refractivity contribution in [3.8, 4) is 0 Å². The van der Waals surface area contributed by atoms with Crippen LogP contribution < -0.4 is 0 Å². The molecule has 190 valence electrons. The second kappa shape index (κ2) is 7.57. The van der Waals surface area contributed by atoms with Gasteiger partial charge in [-0.15, -0.1) is 0 Å². The first-order valence-corrected chi connectivity index (χ1v) is 13.4. The van der Waals surface area contributed by atoms with E-state index in [0.29, 0.717) is 30.8 Å². The summed E-state index contributed by atoms with van der Waals surface area (Å²) in [6.07, 6.45) is 10.7. The van der Waals surface area contributed by atoms with Crippen molar-refractivity contribution in [3.63, 3.8) is 0 Å². The van der Waals surface area contributed by atoms with E-state index >= 15 is 0 Å². The quantitative estimate of drug-likeness (QED) is 0.381. The van der Waals surface area contributed by atoms with E-state index in [2.05, 4.69) is 40.7 Å². The molecule has 0 amide bonds. The van der Waals surface area contributed by atoms with Gasteiger partial charge in [0.25, 0.3) is 0 Å². The van der Waals surface area contributed by atoms with Gasteiger partial charge in [0.15, 0.2) is 0 Å². The van der Waals surface area contributed by atoms with Crippen molar-refractivity contribution in [2.75, 3.05) is 13.7 Å². The minimum Gasteiger partial charge on any atom is -0.462 e. The normalized spacial score (nSPS) is 49.4. The van der Waals surface area contributed by atoms with Crippen molar-refractivity contribution in [1.82, 2.24) is 0 Å². The predicted molar refractivity (Wildman–Crippen MR) is 130 cm³/mol. The van der Waals surface area contributed by atoms with Crippen molar-refractivity contribution >= 4 is 11.9 Å². The van der Waals surface area contributed by atoms with E-state index in [1.807, 2.05) is 0 Å². The van der Waals surface area contributed by atoms with Crippen LogP contribution in [0.25, 0.3) is 0 Å². The molecule has 1 heterocycles. The number of rotatable bonds is 3. The van der Waals surface area contributed by atoms with Crippen LogP contribution in [0.4, 0.5) is 0 Å². The van der Waals surface area contributed by atoms with Gasteiger partial charge in [-0.1, -0.05) is 46.3 Å². The zero-order chi connectivity index (χ0) is 24.7. The molecule has 5 nitrogen and oxygen atoms in total. The molecule has 0 N–H and O–H groups in total. The maximum atomic E-state index is 12.2. The topological polar surface area (TPSA) is 61.8 Å². The molecule has 4 fully saturated rings. The van der Waals surface area contributed by atoms with Crippen LogP contribution in [0.1, 0.15) is 92.9 Å². The van der Waals surface area contributed by atoms with Crippen LogP contribution in [0.15, 0.2) is 11.6 Å². The average Bonchev–Trinajstić information content (AvgIpc) is 3.28. The minimum absolute atomic E-state index is 0.000191. The van der Waals surface area contributed by atoms with Gasteiger partial charge < -0.3 is 14.2 Å². The zero-order valence-electron chi connectivity index (χ0n) is 22.3. The zero-order valence-corrected chi connectivity index (χ0v) is 22.3. The number of fused-ring (bicyclic) bond motifs is 5. The maximum Gasteiger partial charge on any atom is 0.308 e. The Bertz CT molecular complexity index is 921. The Hall–Kier alpha value is -1.36. The Morgan fingerprint density at radius 1 is 1.03 bits per heavy atom. The van der Waals surface area contributed by atoms with Gasteiger partial charge in [-0.05, 0) is 78.9 Å². The van der Waals surface area contributed by atoms with Crippen LogP contribution in [0.5, 0.6) is 0 Å². The smallest absolute Gasteiger partial charge is 0.308 e. The molecule has 4 aliphatic carbocycles. The summed E-state index contributed by atoms with van der Waals surface area (Å²) < 4.78 is 17.4. The lowest BCUT2D eigenvalue weighted by molar-refractivity contribution is -0.176. The SMILES string of the molecule is CO[C@]1([C@@H]2CC[C@]3(C)C4=CC[C@H]5C(C)(C)[C@H](OC(C)=O)CC[C@]5(C)[C@H]4CC[C@@]23C)COC(=O)C1. The van der Waals surface area contributed by atoms with Crippen LogP contribution in [0.3, 0.4) is 0 Å². The second-order valence-corrected chi connectivity index (χ2v) is 13.5. The van der Waals surface area contributed by atoms with Crippen molar-refractivity contribution < 1.29 is 23.8 Å². The van der Waals surface area contributed by atoms with E-state index in [9.17, 15) is 9.59 Å². The maximum absolute atomic E-state index is 12.2. The Labute approximate surface area is 205 Å². The van der Waals surface area contributed by atoms with E-state index in [1.54, 1.807) is 12.7 Å². The molecule has 0 radical (unpaired) electrons. The third-order valence-corrected chi connectivity index (χ3v) is 12.0. The summed E-state index contributed by atoms with van der Waals surface area (Å²) in [5, 5.41) is 0. The van der Waals surface area contributed by atoms with E-state index in [4.69, 9.17) is 14.2 Å². The van der Waals surface area contributed by atoms with Gasteiger partial charge in [0.05, 0.1) is 6.42 Å². The Morgan fingerprint density at radius 3 is 2.38 bits per heavy atom. The van der Waals surface area contributed by atoms with Gasteiger partial charge in [-0.2, -0.15) is 0 Å². The van der Waals surface area contributed by atoms with Gasteiger partial charge >= 0.3 is 11.9 Å². The first-order chi connectivity index (χ1) is 15.8. The summed E-state index contributed by atoms with van der Waals surface area (Å²) in [4.78, 5) is 24.0. The van der Waals surface area contributed by atoms with Crippen LogP contribution in [-0.4, -0.2) is 37.4 Å². The molecule has 0 unspecified atom stereocenters. The van der Waals surface area contributed by atoms with Gasteiger partial charge in [0.1, 0.15) is 18.3 Å². The lowest BCUT2D eigenvalue weighted by Crippen LogP contribution is -2.59. The number of allylic oxidation sites excluding steroid dienone is 2. The Kier molecular flexibility index (Phi) is 5.42. The van der Waals surface area contributed by atoms with Gasteiger partial charge in [0, 0.05) is 19.4 Å². The fourth-order valence-electron chi connectivity index (χ4n) is 9.98. The average molecular weight is 473 g/mol. The van der Waals surface area contributed by atoms with Gasteiger partial charge in [0.2, 0.25) is 0 Å². The number of esters is 2. The molecule has 8 atom stereocenters. The first-order valence-electron chi connectivity index (χ1n) is 13.4. The highest BCUT2D eigenvalue weighted by Crippen LogP contribution is 2.74. The van der Waals surface area contributed by atoms with Crippen LogP contribution in [-0.2, 0) is 23.8 Å². The molecule has 5 aliphatic rings. The Balaban J connectivity index is 1.50. The van der Waals surface area contributed by atoms with E-state index in [0.717, 1.165) is 38.5 Å².